The Morgan fingerprint density at radius 3 is 2.20 bits per heavy atom. The minimum Gasteiger partial charge on any atom is -0.393 e. The molecule has 1 aromatic heterocycles. The Bertz CT molecular complexity index is 843. The molecule has 0 aliphatic heterocycles. The molecule has 0 unspecified atom stereocenters. The number of rotatable bonds is 6. The van der Waals surface area contributed by atoms with E-state index in [9.17, 15) is 0 Å². The topological polar surface area (TPSA) is 75.9 Å². The van der Waals surface area contributed by atoms with Crippen molar-refractivity contribution >= 4 is 28.7 Å². The van der Waals surface area contributed by atoms with Crippen LogP contribution in [0.2, 0.25) is 0 Å². The van der Waals surface area contributed by atoms with Crippen LogP contribution in [0.15, 0.2) is 54.9 Å². The quantitative estimate of drug-likeness (QED) is 0.611. The molecule has 0 bridgehead atoms. The van der Waals surface area contributed by atoms with E-state index in [4.69, 9.17) is 5.73 Å². The zero-order valence-corrected chi connectivity index (χ0v) is 14.6. The molecular formula is C20H23N5. The second kappa shape index (κ2) is 7.66. The molecule has 0 amide bonds. The van der Waals surface area contributed by atoms with Crippen molar-refractivity contribution in [1.29, 1.82) is 0 Å². The first kappa shape index (κ1) is 16.8. The highest BCUT2D eigenvalue weighted by Gasteiger charge is 2.10. The van der Waals surface area contributed by atoms with Gasteiger partial charge in [0.15, 0.2) is 11.6 Å². The van der Waals surface area contributed by atoms with Crippen LogP contribution in [-0.2, 0) is 12.8 Å². The molecule has 1 heterocycles. The van der Waals surface area contributed by atoms with Gasteiger partial charge in [0.1, 0.15) is 12.0 Å². The third kappa shape index (κ3) is 3.88. The molecule has 5 heteroatoms. The lowest BCUT2D eigenvalue weighted by Crippen LogP contribution is -2.06. The first-order chi connectivity index (χ1) is 12.2. The fourth-order valence-corrected chi connectivity index (χ4v) is 2.63. The summed E-state index contributed by atoms with van der Waals surface area (Å²) >= 11 is 0. The summed E-state index contributed by atoms with van der Waals surface area (Å²) in [5.41, 5.74) is 11.2. The minimum atomic E-state index is 0.493. The molecule has 3 aromatic rings. The third-order valence-electron chi connectivity index (χ3n) is 4.16. The van der Waals surface area contributed by atoms with Crippen molar-refractivity contribution in [2.24, 2.45) is 0 Å². The number of nitrogen functional groups attached to an aromatic ring is 1. The standard InChI is InChI=1S/C20H23N5/c1-3-14-9-11-16(12-10-14)24-19-18(21)20(23-13-22-19)25-17-8-6-5-7-15(17)4-2/h5-13H,3-4,21H2,1-2H3,(H2,22,23,24,25). The van der Waals surface area contributed by atoms with E-state index in [1.807, 2.05) is 30.3 Å². The molecule has 5 nitrogen and oxygen atoms in total. The smallest absolute Gasteiger partial charge is 0.159 e. The SMILES string of the molecule is CCc1ccc(Nc2ncnc(Nc3ccccc3CC)c2N)cc1. The van der Waals surface area contributed by atoms with Gasteiger partial charge in [-0.15, -0.1) is 0 Å². The average molecular weight is 333 g/mol. The molecule has 0 aliphatic carbocycles. The molecule has 0 radical (unpaired) electrons. The maximum absolute atomic E-state index is 6.28. The van der Waals surface area contributed by atoms with Crippen LogP contribution >= 0.6 is 0 Å². The molecular weight excluding hydrogens is 310 g/mol. The molecule has 3 rings (SSSR count). The number of anilines is 5. The number of benzene rings is 2. The fraction of sp³-hybridized carbons (Fsp3) is 0.200. The number of nitrogens with one attached hydrogen (secondary N) is 2. The fourth-order valence-electron chi connectivity index (χ4n) is 2.63. The van der Waals surface area contributed by atoms with E-state index in [1.54, 1.807) is 0 Å². The minimum absolute atomic E-state index is 0.493. The second-order valence-corrected chi connectivity index (χ2v) is 5.80. The van der Waals surface area contributed by atoms with E-state index in [0.717, 1.165) is 24.2 Å². The van der Waals surface area contributed by atoms with Gasteiger partial charge in [-0.05, 0) is 42.2 Å². The first-order valence-corrected chi connectivity index (χ1v) is 8.52. The Morgan fingerprint density at radius 1 is 0.840 bits per heavy atom. The van der Waals surface area contributed by atoms with Crippen molar-refractivity contribution in [1.82, 2.24) is 9.97 Å². The predicted molar refractivity (Wildman–Crippen MR) is 105 cm³/mol. The molecule has 128 valence electrons. The van der Waals surface area contributed by atoms with Crippen LogP contribution in [0.1, 0.15) is 25.0 Å². The van der Waals surface area contributed by atoms with Gasteiger partial charge >= 0.3 is 0 Å². The number of para-hydroxylation sites is 1. The summed E-state index contributed by atoms with van der Waals surface area (Å²) in [4.78, 5) is 8.57. The second-order valence-electron chi connectivity index (χ2n) is 5.80. The molecule has 2 aromatic carbocycles. The zero-order chi connectivity index (χ0) is 17.6. The monoisotopic (exact) mass is 333 g/mol. The van der Waals surface area contributed by atoms with E-state index >= 15 is 0 Å². The Balaban J connectivity index is 1.84. The van der Waals surface area contributed by atoms with Gasteiger partial charge in [0.25, 0.3) is 0 Å². The van der Waals surface area contributed by atoms with Gasteiger partial charge in [0.05, 0.1) is 0 Å². The number of hydrogen-bond acceptors (Lipinski definition) is 5. The summed E-state index contributed by atoms with van der Waals surface area (Å²) in [5, 5.41) is 6.58. The molecule has 0 atom stereocenters. The van der Waals surface area contributed by atoms with Gasteiger partial charge in [-0.2, -0.15) is 0 Å². The van der Waals surface area contributed by atoms with Gasteiger partial charge in [0.2, 0.25) is 0 Å². The van der Waals surface area contributed by atoms with Crippen LogP contribution in [0.3, 0.4) is 0 Å². The Morgan fingerprint density at radius 2 is 1.52 bits per heavy atom. The normalized spacial score (nSPS) is 10.5. The van der Waals surface area contributed by atoms with Gasteiger partial charge in [0, 0.05) is 11.4 Å². The van der Waals surface area contributed by atoms with Gasteiger partial charge in [-0.1, -0.05) is 44.2 Å². The van der Waals surface area contributed by atoms with E-state index in [1.165, 1.54) is 17.5 Å². The molecule has 25 heavy (non-hydrogen) atoms. The van der Waals surface area contributed by atoms with Crippen molar-refractivity contribution < 1.29 is 0 Å². The van der Waals surface area contributed by atoms with Crippen molar-refractivity contribution in [2.45, 2.75) is 26.7 Å². The molecule has 0 saturated heterocycles. The van der Waals surface area contributed by atoms with E-state index < -0.39 is 0 Å². The lowest BCUT2D eigenvalue weighted by Gasteiger charge is -2.14. The summed E-state index contributed by atoms with van der Waals surface area (Å²) in [6, 6.07) is 16.4. The van der Waals surface area contributed by atoms with Crippen LogP contribution in [0.4, 0.5) is 28.7 Å². The molecule has 0 spiro atoms. The highest BCUT2D eigenvalue weighted by molar-refractivity contribution is 5.80. The molecule has 0 fully saturated rings. The molecule has 0 saturated carbocycles. The number of nitrogens with two attached hydrogens (primary N) is 1. The van der Waals surface area contributed by atoms with Crippen LogP contribution in [0, 0.1) is 0 Å². The van der Waals surface area contributed by atoms with Crippen LogP contribution in [-0.4, -0.2) is 9.97 Å². The Kier molecular flexibility index (Phi) is 5.14. The van der Waals surface area contributed by atoms with Crippen molar-refractivity contribution in [3.05, 3.63) is 66.0 Å². The van der Waals surface area contributed by atoms with Crippen LogP contribution < -0.4 is 16.4 Å². The largest absolute Gasteiger partial charge is 0.393 e. The maximum atomic E-state index is 6.28. The van der Waals surface area contributed by atoms with Gasteiger partial charge < -0.3 is 16.4 Å². The maximum Gasteiger partial charge on any atom is 0.159 e. The van der Waals surface area contributed by atoms with Crippen molar-refractivity contribution in [2.75, 3.05) is 16.4 Å². The van der Waals surface area contributed by atoms with E-state index in [0.29, 0.717) is 17.3 Å². The molecule has 0 aliphatic rings. The Labute approximate surface area is 148 Å². The predicted octanol–water partition coefficient (Wildman–Crippen LogP) is 4.67. The lowest BCUT2D eigenvalue weighted by atomic mass is 10.1. The summed E-state index contributed by atoms with van der Waals surface area (Å²) in [7, 11) is 0. The zero-order valence-electron chi connectivity index (χ0n) is 14.6. The average Bonchev–Trinajstić information content (AvgIpc) is 2.66. The van der Waals surface area contributed by atoms with Gasteiger partial charge in [-0.3, -0.25) is 0 Å². The van der Waals surface area contributed by atoms with Crippen molar-refractivity contribution in [3.8, 4) is 0 Å². The van der Waals surface area contributed by atoms with Crippen LogP contribution in [0.5, 0.6) is 0 Å². The summed E-state index contributed by atoms with van der Waals surface area (Å²) in [6.45, 7) is 4.26. The summed E-state index contributed by atoms with van der Waals surface area (Å²) in [5.74, 6) is 1.19. The first-order valence-electron chi connectivity index (χ1n) is 8.52. The van der Waals surface area contributed by atoms with E-state index in [-0.39, 0.29) is 0 Å². The third-order valence-corrected chi connectivity index (χ3v) is 4.16. The van der Waals surface area contributed by atoms with Crippen LogP contribution in [0.25, 0.3) is 0 Å². The highest BCUT2D eigenvalue weighted by atomic mass is 15.1. The van der Waals surface area contributed by atoms with E-state index in [2.05, 4.69) is 52.6 Å². The number of nitrogens with zero attached hydrogens (tertiary/aromatic N) is 2. The lowest BCUT2D eigenvalue weighted by molar-refractivity contribution is 1.13. The van der Waals surface area contributed by atoms with Gasteiger partial charge in [-0.25, -0.2) is 9.97 Å². The number of aromatic nitrogens is 2. The Hall–Kier alpha value is -3.08. The highest BCUT2D eigenvalue weighted by Crippen LogP contribution is 2.29. The number of aryl methyl sites for hydroxylation is 2. The summed E-state index contributed by atoms with van der Waals surface area (Å²) in [6.07, 6.45) is 3.46. The van der Waals surface area contributed by atoms with Crippen molar-refractivity contribution in [3.63, 3.8) is 0 Å². The summed E-state index contributed by atoms with van der Waals surface area (Å²) < 4.78 is 0. The number of hydrogen-bond donors (Lipinski definition) is 3. The molecule has 4 N–H and O–H groups in total.